The first-order valence-electron chi connectivity index (χ1n) is 7.87. The number of fused-ring (bicyclic) bond motifs is 2. The third kappa shape index (κ3) is 2.66. The highest BCUT2D eigenvalue weighted by atomic mass is 32.1. The molecule has 1 aliphatic rings. The number of thiophene rings is 1. The number of benzene rings is 1. The van der Waals surface area contributed by atoms with Crippen LogP contribution < -0.4 is 15.2 Å². The van der Waals surface area contributed by atoms with E-state index in [0.717, 1.165) is 11.3 Å². The summed E-state index contributed by atoms with van der Waals surface area (Å²) in [6.07, 6.45) is -2.68. The second kappa shape index (κ2) is 6.21. The molecule has 26 heavy (non-hydrogen) atoms. The van der Waals surface area contributed by atoms with Crippen molar-refractivity contribution in [3.05, 3.63) is 46.0 Å². The van der Waals surface area contributed by atoms with Crippen LogP contribution in [0.1, 0.15) is 32.9 Å². The maximum atomic E-state index is 13.0. The van der Waals surface area contributed by atoms with Crippen LogP contribution >= 0.6 is 11.3 Å². The van der Waals surface area contributed by atoms with E-state index in [2.05, 4.69) is 4.98 Å². The van der Waals surface area contributed by atoms with Gasteiger partial charge in [0.25, 0.3) is 6.43 Å². The molecule has 134 valence electrons. The van der Waals surface area contributed by atoms with Crippen LogP contribution in [-0.2, 0) is 0 Å². The third-order valence-corrected chi connectivity index (χ3v) is 5.25. The third-order valence-electron chi connectivity index (χ3n) is 4.15. The Morgan fingerprint density at radius 1 is 1.23 bits per heavy atom. The van der Waals surface area contributed by atoms with Crippen molar-refractivity contribution in [3.8, 4) is 11.5 Å². The van der Waals surface area contributed by atoms with Gasteiger partial charge in [0.1, 0.15) is 28.6 Å². The second-order valence-electron chi connectivity index (χ2n) is 5.88. The van der Waals surface area contributed by atoms with Crippen LogP contribution in [0.2, 0.25) is 0 Å². The van der Waals surface area contributed by atoms with Gasteiger partial charge in [0.15, 0.2) is 11.5 Å². The van der Waals surface area contributed by atoms with Crippen molar-refractivity contribution < 1.29 is 23.0 Å². The van der Waals surface area contributed by atoms with E-state index >= 15 is 0 Å². The van der Waals surface area contributed by atoms with E-state index in [1.807, 2.05) is 0 Å². The molecule has 0 unspecified atom stereocenters. The van der Waals surface area contributed by atoms with Gasteiger partial charge in [0.2, 0.25) is 5.78 Å². The van der Waals surface area contributed by atoms with E-state index in [1.165, 1.54) is 6.07 Å². The van der Waals surface area contributed by atoms with Gasteiger partial charge in [-0.1, -0.05) is 0 Å². The number of ether oxygens (including phenoxy) is 2. The number of carbonyl (C=O) groups is 1. The normalized spacial score (nSPS) is 13.4. The summed E-state index contributed by atoms with van der Waals surface area (Å²) >= 11 is 1.02. The SMILES string of the molecule is Cc1cc(C(F)F)nc2sc(C(=O)c3ccc4c(c3)OCCO4)c(N)c12. The molecule has 0 aliphatic carbocycles. The lowest BCUT2D eigenvalue weighted by molar-refractivity contribution is 0.104. The number of pyridine rings is 1. The number of halogens is 2. The maximum Gasteiger partial charge on any atom is 0.280 e. The Hall–Kier alpha value is -2.74. The predicted octanol–water partition coefficient (Wildman–Crippen LogP) is 4.13. The van der Waals surface area contributed by atoms with Gasteiger partial charge in [-0.25, -0.2) is 13.8 Å². The van der Waals surface area contributed by atoms with Gasteiger partial charge in [0.05, 0.1) is 5.69 Å². The fourth-order valence-corrected chi connectivity index (χ4v) is 4.07. The maximum absolute atomic E-state index is 13.0. The summed E-state index contributed by atoms with van der Waals surface area (Å²) in [5.74, 6) is 0.771. The fraction of sp³-hybridized carbons (Fsp3) is 0.222. The predicted molar refractivity (Wildman–Crippen MR) is 94.6 cm³/mol. The molecule has 2 N–H and O–H groups in total. The molecular formula is C18H14F2N2O3S. The van der Waals surface area contributed by atoms with Crippen molar-refractivity contribution in [1.82, 2.24) is 4.98 Å². The molecule has 8 heteroatoms. The molecule has 0 fully saturated rings. The van der Waals surface area contributed by atoms with Crippen molar-refractivity contribution in [1.29, 1.82) is 0 Å². The highest BCUT2D eigenvalue weighted by Crippen LogP contribution is 2.38. The first kappa shape index (κ1) is 16.7. The Morgan fingerprint density at radius 2 is 1.96 bits per heavy atom. The molecule has 1 aromatic carbocycles. The summed E-state index contributed by atoms with van der Waals surface area (Å²) in [7, 11) is 0. The van der Waals surface area contributed by atoms with Gasteiger partial charge in [-0.2, -0.15) is 0 Å². The molecule has 0 atom stereocenters. The average Bonchev–Trinajstić information content (AvgIpc) is 2.97. The van der Waals surface area contributed by atoms with Crippen LogP contribution in [0.3, 0.4) is 0 Å². The van der Waals surface area contributed by atoms with E-state index in [4.69, 9.17) is 15.2 Å². The van der Waals surface area contributed by atoms with Gasteiger partial charge >= 0.3 is 0 Å². The number of nitrogens with zero attached hydrogens (tertiary/aromatic N) is 1. The van der Waals surface area contributed by atoms with Crippen LogP contribution in [0.5, 0.6) is 11.5 Å². The molecule has 2 aromatic heterocycles. The number of rotatable bonds is 3. The molecular weight excluding hydrogens is 362 g/mol. The average molecular weight is 376 g/mol. The number of ketones is 1. The largest absolute Gasteiger partial charge is 0.486 e. The van der Waals surface area contributed by atoms with E-state index < -0.39 is 6.43 Å². The highest BCUT2D eigenvalue weighted by molar-refractivity contribution is 7.21. The quantitative estimate of drug-likeness (QED) is 0.696. The lowest BCUT2D eigenvalue weighted by Crippen LogP contribution is -2.15. The second-order valence-corrected chi connectivity index (χ2v) is 6.88. The van der Waals surface area contributed by atoms with E-state index in [9.17, 15) is 13.6 Å². The zero-order chi connectivity index (χ0) is 18.4. The van der Waals surface area contributed by atoms with Crippen molar-refractivity contribution in [2.75, 3.05) is 18.9 Å². The molecule has 5 nitrogen and oxygen atoms in total. The summed E-state index contributed by atoms with van der Waals surface area (Å²) in [6, 6.07) is 6.20. The molecule has 1 aliphatic heterocycles. The van der Waals surface area contributed by atoms with Crippen molar-refractivity contribution in [2.45, 2.75) is 13.3 Å². The van der Waals surface area contributed by atoms with Gasteiger partial charge in [-0.15, -0.1) is 11.3 Å². The summed E-state index contributed by atoms with van der Waals surface area (Å²) in [6.45, 7) is 2.55. The Kier molecular flexibility index (Phi) is 3.99. The Bertz CT molecular complexity index is 1030. The Balaban J connectivity index is 1.80. The Labute approximate surface area is 151 Å². The molecule has 0 radical (unpaired) electrons. The molecule has 4 rings (SSSR count). The molecule has 0 saturated heterocycles. The topological polar surface area (TPSA) is 74.4 Å². The number of hydrogen-bond donors (Lipinski definition) is 1. The van der Waals surface area contributed by atoms with Crippen molar-refractivity contribution in [2.24, 2.45) is 0 Å². The van der Waals surface area contributed by atoms with Crippen LogP contribution in [-0.4, -0.2) is 24.0 Å². The van der Waals surface area contributed by atoms with Crippen LogP contribution in [0.4, 0.5) is 14.5 Å². The zero-order valence-electron chi connectivity index (χ0n) is 13.7. The molecule has 0 spiro atoms. The number of hydrogen-bond acceptors (Lipinski definition) is 6. The van der Waals surface area contributed by atoms with Gasteiger partial charge in [-0.05, 0) is 36.8 Å². The van der Waals surface area contributed by atoms with Crippen LogP contribution in [0, 0.1) is 6.92 Å². The molecule has 0 amide bonds. The fourth-order valence-electron chi connectivity index (χ4n) is 2.93. The highest BCUT2D eigenvalue weighted by Gasteiger charge is 2.23. The first-order valence-corrected chi connectivity index (χ1v) is 8.69. The molecule has 0 saturated carbocycles. The minimum atomic E-state index is -2.68. The summed E-state index contributed by atoms with van der Waals surface area (Å²) in [5, 5.41) is 0.542. The van der Waals surface area contributed by atoms with Crippen molar-refractivity contribution >= 4 is 33.0 Å². The monoisotopic (exact) mass is 376 g/mol. The number of alkyl halides is 2. The molecule has 3 heterocycles. The van der Waals surface area contributed by atoms with Gasteiger partial charge in [0, 0.05) is 10.9 Å². The number of aryl methyl sites for hydroxylation is 1. The van der Waals surface area contributed by atoms with E-state index in [1.54, 1.807) is 25.1 Å². The number of carbonyl (C=O) groups excluding carboxylic acids is 1. The Morgan fingerprint density at radius 3 is 2.69 bits per heavy atom. The smallest absolute Gasteiger partial charge is 0.280 e. The standard InChI is InChI=1S/C18H14F2N2O3S/c1-8-6-10(17(19)20)22-18-13(8)14(21)16(26-18)15(23)9-2-3-11-12(7-9)25-5-4-24-11/h2-3,6-7,17H,4-5,21H2,1H3. The lowest BCUT2D eigenvalue weighted by Gasteiger charge is -2.18. The summed E-state index contributed by atoms with van der Waals surface area (Å²) in [4.78, 5) is 17.5. The zero-order valence-corrected chi connectivity index (χ0v) is 14.5. The van der Waals surface area contributed by atoms with E-state index in [-0.39, 0.29) is 22.0 Å². The van der Waals surface area contributed by atoms with Crippen LogP contribution in [0.25, 0.3) is 10.2 Å². The first-order chi connectivity index (χ1) is 12.5. The summed E-state index contributed by atoms with van der Waals surface area (Å²) in [5.41, 5.74) is 7.04. The van der Waals surface area contributed by atoms with Crippen LogP contribution in [0.15, 0.2) is 24.3 Å². The number of aromatic nitrogens is 1. The van der Waals surface area contributed by atoms with Crippen molar-refractivity contribution in [3.63, 3.8) is 0 Å². The minimum Gasteiger partial charge on any atom is -0.486 e. The van der Waals surface area contributed by atoms with E-state index in [0.29, 0.717) is 46.1 Å². The van der Waals surface area contributed by atoms with Gasteiger partial charge in [-0.3, -0.25) is 4.79 Å². The molecule has 0 bridgehead atoms. The minimum absolute atomic E-state index is 0.260. The lowest BCUT2D eigenvalue weighted by atomic mass is 10.1. The molecule has 3 aromatic rings. The summed E-state index contributed by atoms with van der Waals surface area (Å²) < 4.78 is 36.9. The van der Waals surface area contributed by atoms with Gasteiger partial charge < -0.3 is 15.2 Å². The number of nitrogen functional groups attached to an aromatic ring is 1. The number of anilines is 1. The number of nitrogens with two attached hydrogens (primary N) is 1.